The molecular weight excluding hydrogens is 174 g/mol. The monoisotopic (exact) mass is 187 g/mol. The number of carbonyl (C=O) groups excluding carboxylic acids is 1. The Morgan fingerprint density at radius 3 is 2.62 bits per heavy atom. The van der Waals surface area contributed by atoms with Gasteiger partial charge in [0.15, 0.2) is 0 Å². The van der Waals surface area contributed by atoms with Gasteiger partial charge in [-0.15, -0.1) is 0 Å². The van der Waals surface area contributed by atoms with E-state index in [2.05, 4.69) is 5.32 Å². The highest BCUT2D eigenvalue weighted by atomic mass is 16.4. The molecule has 1 fully saturated rings. The molecule has 0 heterocycles. The Kier molecular flexibility index (Phi) is 2.42. The van der Waals surface area contributed by atoms with Crippen LogP contribution in [0.5, 0.6) is 0 Å². The minimum atomic E-state index is -1.07. The normalized spacial score (nSPS) is 31.0. The maximum Gasteiger partial charge on any atom is 0.323 e. The minimum Gasteiger partial charge on any atom is -0.480 e. The van der Waals surface area contributed by atoms with Crippen molar-refractivity contribution in [1.82, 2.24) is 5.32 Å². The standard InChI is InChI=1S/C7H13N3O3/c8-6(13)10-2-1-4-3-7(4,9)5(11)12/h4H,1-3,9H2,(H,11,12)(H3,8,10,13). The van der Waals surface area contributed by atoms with Gasteiger partial charge in [0.2, 0.25) is 0 Å². The highest BCUT2D eigenvalue weighted by Crippen LogP contribution is 2.43. The highest BCUT2D eigenvalue weighted by Gasteiger charge is 2.56. The van der Waals surface area contributed by atoms with Crippen molar-refractivity contribution in [2.45, 2.75) is 18.4 Å². The molecule has 0 saturated heterocycles. The number of hydrogen-bond donors (Lipinski definition) is 4. The van der Waals surface area contributed by atoms with E-state index in [0.29, 0.717) is 19.4 Å². The minimum absolute atomic E-state index is 0.0446. The van der Waals surface area contributed by atoms with Gasteiger partial charge in [0, 0.05) is 6.54 Å². The van der Waals surface area contributed by atoms with Gasteiger partial charge in [-0.2, -0.15) is 0 Å². The Balaban J connectivity index is 2.21. The lowest BCUT2D eigenvalue weighted by molar-refractivity contribution is -0.140. The fourth-order valence-corrected chi connectivity index (χ4v) is 1.34. The number of aliphatic carboxylic acids is 1. The molecule has 2 atom stereocenters. The largest absolute Gasteiger partial charge is 0.480 e. The van der Waals surface area contributed by atoms with Crippen LogP contribution in [0.25, 0.3) is 0 Å². The molecule has 1 aliphatic carbocycles. The van der Waals surface area contributed by atoms with Crippen LogP contribution in [-0.4, -0.2) is 29.2 Å². The van der Waals surface area contributed by atoms with Crippen molar-refractivity contribution in [3.8, 4) is 0 Å². The molecule has 74 valence electrons. The number of rotatable bonds is 4. The number of primary amides is 1. The van der Waals surface area contributed by atoms with Crippen molar-refractivity contribution in [3.05, 3.63) is 0 Å². The molecule has 0 spiro atoms. The predicted molar refractivity (Wildman–Crippen MR) is 44.9 cm³/mol. The molecule has 2 unspecified atom stereocenters. The lowest BCUT2D eigenvalue weighted by atomic mass is 10.2. The molecule has 13 heavy (non-hydrogen) atoms. The second-order valence-corrected chi connectivity index (χ2v) is 3.33. The maximum atomic E-state index is 10.6. The van der Waals surface area contributed by atoms with Crippen LogP contribution in [0.3, 0.4) is 0 Å². The molecule has 1 rings (SSSR count). The molecule has 1 saturated carbocycles. The first kappa shape index (κ1) is 9.79. The van der Waals surface area contributed by atoms with Crippen molar-refractivity contribution in [1.29, 1.82) is 0 Å². The molecule has 0 radical (unpaired) electrons. The number of carbonyl (C=O) groups is 2. The summed E-state index contributed by atoms with van der Waals surface area (Å²) < 4.78 is 0. The van der Waals surface area contributed by atoms with E-state index >= 15 is 0 Å². The molecule has 6 heteroatoms. The van der Waals surface area contributed by atoms with E-state index in [4.69, 9.17) is 16.6 Å². The number of nitrogens with one attached hydrogen (secondary N) is 1. The van der Waals surface area contributed by atoms with Gasteiger partial charge < -0.3 is 21.9 Å². The molecule has 0 aromatic carbocycles. The van der Waals surface area contributed by atoms with Crippen molar-refractivity contribution < 1.29 is 14.7 Å². The van der Waals surface area contributed by atoms with E-state index in [1.165, 1.54) is 0 Å². The second-order valence-electron chi connectivity index (χ2n) is 3.33. The molecule has 1 aliphatic rings. The van der Waals surface area contributed by atoms with E-state index in [0.717, 1.165) is 0 Å². The van der Waals surface area contributed by atoms with Crippen LogP contribution in [-0.2, 0) is 4.79 Å². The quantitative estimate of drug-likeness (QED) is 0.444. The molecule has 0 aromatic rings. The maximum absolute atomic E-state index is 10.6. The average molecular weight is 187 g/mol. The summed E-state index contributed by atoms with van der Waals surface area (Å²) in [5, 5.41) is 11.0. The van der Waals surface area contributed by atoms with Crippen LogP contribution >= 0.6 is 0 Å². The summed E-state index contributed by atoms with van der Waals surface area (Å²) >= 11 is 0. The van der Waals surface area contributed by atoms with E-state index in [1.807, 2.05) is 0 Å². The average Bonchev–Trinajstić information content (AvgIpc) is 2.63. The number of carboxylic acid groups (broad SMARTS) is 1. The summed E-state index contributed by atoms with van der Waals surface area (Å²) in [5.41, 5.74) is 9.27. The van der Waals surface area contributed by atoms with Gasteiger partial charge in [-0.3, -0.25) is 4.79 Å². The van der Waals surface area contributed by atoms with Gasteiger partial charge in [-0.1, -0.05) is 0 Å². The summed E-state index contributed by atoms with van der Waals surface area (Å²) in [6.07, 6.45) is 1.04. The Hall–Kier alpha value is -1.30. The third-order valence-corrected chi connectivity index (χ3v) is 2.34. The zero-order valence-corrected chi connectivity index (χ0v) is 7.12. The summed E-state index contributed by atoms with van der Waals surface area (Å²) in [6.45, 7) is 0.381. The summed E-state index contributed by atoms with van der Waals surface area (Å²) in [6, 6.07) is -0.599. The van der Waals surface area contributed by atoms with Crippen LogP contribution < -0.4 is 16.8 Å². The molecule has 6 nitrogen and oxygen atoms in total. The van der Waals surface area contributed by atoms with Crippen LogP contribution in [0, 0.1) is 5.92 Å². The Bertz CT molecular complexity index is 243. The van der Waals surface area contributed by atoms with Crippen LogP contribution in [0.1, 0.15) is 12.8 Å². The Morgan fingerprint density at radius 2 is 2.23 bits per heavy atom. The van der Waals surface area contributed by atoms with Crippen LogP contribution in [0.15, 0.2) is 0 Å². The summed E-state index contributed by atoms with van der Waals surface area (Å²) in [5.74, 6) is -1.02. The summed E-state index contributed by atoms with van der Waals surface area (Å²) in [7, 11) is 0. The van der Waals surface area contributed by atoms with Crippen molar-refractivity contribution in [2.24, 2.45) is 17.4 Å². The fourth-order valence-electron chi connectivity index (χ4n) is 1.34. The molecular formula is C7H13N3O3. The van der Waals surface area contributed by atoms with Gasteiger partial charge in [0.25, 0.3) is 0 Å². The van der Waals surface area contributed by atoms with Crippen LogP contribution in [0.2, 0.25) is 0 Å². The third-order valence-electron chi connectivity index (χ3n) is 2.34. The van der Waals surface area contributed by atoms with Gasteiger partial charge >= 0.3 is 12.0 Å². The van der Waals surface area contributed by atoms with Gasteiger partial charge in [-0.25, -0.2) is 4.79 Å². The lowest BCUT2D eigenvalue weighted by Gasteiger charge is -2.04. The van der Waals surface area contributed by atoms with Crippen LogP contribution in [0.4, 0.5) is 4.79 Å². The van der Waals surface area contributed by atoms with Crippen molar-refractivity contribution in [3.63, 3.8) is 0 Å². The third kappa shape index (κ3) is 2.09. The number of amides is 2. The Labute approximate surface area is 75.3 Å². The first-order valence-corrected chi connectivity index (χ1v) is 4.02. The van der Waals surface area contributed by atoms with E-state index < -0.39 is 17.5 Å². The zero-order valence-electron chi connectivity index (χ0n) is 7.12. The Morgan fingerprint density at radius 1 is 1.62 bits per heavy atom. The molecule has 0 aliphatic heterocycles. The zero-order chi connectivity index (χ0) is 10.1. The number of hydrogen-bond acceptors (Lipinski definition) is 3. The molecule has 0 bridgehead atoms. The highest BCUT2D eigenvalue weighted by molar-refractivity contribution is 5.82. The van der Waals surface area contributed by atoms with Gasteiger partial charge in [0.1, 0.15) is 5.54 Å². The number of urea groups is 1. The lowest BCUT2D eigenvalue weighted by Crippen LogP contribution is -2.36. The van der Waals surface area contributed by atoms with Gasteiger partial charge in [-0.05, 0) is 18.8 Å². The number of carboxylic acids is 1. The topological polar surface area (TPSA) is 118 Å². The van der Waals surface area contributed by atoms with E-state index in [-0.39, 0.29) is 5.92 Å². The molecule has 2 amide bonds. The molecule has 6 N–H and O–H groups in total. The molecule has 0 aromatic heterocycles. The first-order valence-electron chi connectivity index (χ1n) is 4.02. The first-order chi connectivity index (χ1) is 5.97. The van der Waals surface area contributed by atoms with Gasteiger partial charge in [0.05, 0.1) is 0 Å². The summed E-state index contributed by atoms with van der Waals surface area (Å²) in [4.78, 5) is 20.8. The predicted octanol–water partition coefficient (Wildman–Crippen LogP) is -1.15. The van der Waals surface area contributed by atoms with E-state index in [9.17, 15) is 9.59 Å². The second kappa shape index (κ2) is 3.21. The SMILES string of the molecule is NC(=O)NCCC1CC1(N)C(=O)O. The van der Waals surface area contributed by atoms with Crippen molar-refractivity contribution in [2.75, 3.05) is 6.54 Å². The smallest absolute Gasteiger partial charge is 0.323 e. The fraction of sp³-hybridized carbons (Fsp3) is 0.714. The number of nitrogens with two attached hydrogens (primary N) is 2. The van der Waals surface area contributed by atoms with E-state index in [1.54, 1.807) is 0 Å². The van der Waals surface area contributed by atoms with Crippen molar-refractivity contribution >= 4 is 12.0 Å².